The van der Waals surface area contributed by atoms with E-state index in [4.69, 9.17) is 10.5 Å². The molecule has 9 nitrogen and oxygen atoms in total. The number of benzene rings is 3. The third-order valence-corrected chi connectivity index (χ3v) is 6.36. The molecule has 0 bridgehead atoms. The minimum absolute atomic E-state index is 0.0716. The van der Waals surface area contributed by atoms with E-state index in [0.29, 0.717) is 23.5 Å². The summed E-state index contributed by atoms with van der Waals surface area (Å²) in [4.78, 5) is 23.1. The zero-order chi connectivity index (χ0) is 27.5. The monoisotopic (exact) mass is 521 g/mol. The van der Waals surface area contributed by atoms with E-state index in [1.807, 2.05) is 61.5 Å². The molecule has 202 valence electrons. The average Bonchev–Trinajstić information content (AvgIpc) is 2.95. The van der Waals surface area contributed by atoms with Gasteiger partial charge in [0, 0.05) is 23.3 Å². The molecule has 0 aliphatic carbocycles. The second-order valence-corrected chi connectivity index (χ2v) is 9.01. The third-order valence-electron chi connectivity index (χ3n) is 6.36. The molecule has 3 atom stereocenters. The van der Waals surface area contributed by atoms with Crippen molar-refractivity contribution in [2.75, 3.05) is 31.5 Å². The van der Waals surface area contributed by atoms with Crippen LogP contribution in [0.2, 0.25) is 0 Å². The van der Waals surface area contributed by atoms with Gasteiger partial charge in [-0.1, -0.05) is 49.4 Å². The van der Waals surface area contributed by atoms with Gasteiger partial charge in [0.05, 0.1) is 14.2 Å². The van der Waals surface area contributed by atoms with Crippen LogP contribution in [0.25, 0.3) is 0 Å². The largest absolute Gasteiger partial charge is 0.491 e. The van der Waals surface area contributed by atoms with Crippen LogP contribution in [0.1, 0.15) is 30.4 Å². The minimum Gasteiger partial charge on any atom is -0.491 e. The molecule has 2 amide bonds. The molecule has 0 aromatic heterocycles. The number of nitrogens with two attached hydrogens (primary N) is 1. The molecular formula is C29H35N3O6. The molecule has 0 aliphatic heterocycles. The van der Waals surface area contributed by atoms with Crippen molar-refractivity contribution in [2.45, 2.75) is 31.4 Å². The summed E-state index contributed by atoms with van der Waals surface area (Å²) in [6.07, 6.45) is -1.32. The normalized spacial score (nSPS) is 13.2. The van der Waals surface area contributed by atoms with Crippen molar-refractivity contribution in [3.8, 4) is 5.75 Å². The Morgan fingerprint density at radius 3 is 1.74 bits per heavy atom. The van der Waals surface area contributed by atoms with Crippen molar-refractivity contribution < 1.29 is 28.9 Å². The zero-order valence-corrected chi connectivity index (χ0v) is 21.8. The van der Waals surface area contributed by atoms with E-state index < -0.39 is 24.3 Å². The topological polar surface area (TPSA) is 132 Å². The summed E-state index contributed by atoms with van der Waals surface area (Å²) < 4.78 is 15.0. The van der Waals surface area contributed by atoms with Gasteiger partial charge in [0.2, 0.25) is 0 Å². The van der Waals surface area contributed by atoms with Gasteiger partial charge < -0.3 is 25.1 Å². The number of aliphatic hydroxyl groups excluding tert-OH is 1. The summed E-state index contributed by atoms with van der Waals surface area (Å²) in [5, 5.41) is 16.0. The maximum absolute atomic E-state index is 11.6. The number of hydrogen-bond donors (Lipinski definition) is 4. The first-order valence-corrected chi connectivity index (χ1v) is 12.3. The predicted molar refractivity (Wildman–Crippen MR) is 146 cm³/mol. The molecule has 2 unspecified atom stereocenters. The number of anilines is 2. The van der Waals surface area contributed by atoms with Crippen LogP contribution in [0.4, 0.5) is 21.0 Å². The molecule has 0 fully saturated rings. The number of rotatable bonds is 11. The van der Waals surface area contributed by atoms with E-state index in [-0.39, 0.29) is 18.4 Å². The number of hydrogen-bond acceptors (Lipinski definition) is 7. The van der Waals surface area contributed by atoms with Crippen LogP contribution in [0, 0.1) is 5.92 Å². The molecule has 0 radical (unpaired) electrons. The molecule has 0 saturated heterocycles. The minimum atomic E-state index is -0.857. The van der Waals surface area contributed by atoms with Gasteiger partial charge in [0.1, 0.15) is 18.5 Å². The van der Waals surface area contributed by atoms with E-state index in [1.54, 1.807) is 24.3 Å². The van der Waals surface area contributed by atoms with Crippen LogP contribution in [-0.4, -0.2) is 50.3 Å². The van der Waals surface area contributed by atoms with Gasteiger partial charge >= 0.3 is 12.2 Å². The average molecular weight is 522 g/mol. The number of methoxy groups -OCH3 is 2. The van der Waals surface area contributed by atoms with Crippen molar-refractivity contribution in [3.63, 3.8) is 0 Å². The Hall–Kier alpha value is -4.08. The van der Waals surface area contributed by atoms with E-state index in [9.17, 15) is 14.7 Å². The van der Waals surface area contributed by atoms with Gasteiger partial charge in [0.25, 0.3) is 0 Å². The van der Waals surface area contributed by atoms with E-state index in [0.717, 1.165) is 11.1 Å². The predicted octanol–water partition coefficient (Wildman–Crippen LogP) is 4.97. The first kappa shape index (κ1) is 28.5. The van der Waals surface area contributed by atoms with Gasteiger partial charge in [-0.05, 0) is 59.9 Å². The maximum Gasteiger partial charge on any atom is 0.411 e. The number of nitrogens with one attached hydrogen (secondary N) is 2. The van der Waals surface area contributed by atoms with Gasteiger partial charge in [-0.15, -0.1) is 0 Å². The quantitative estimate of drug-likeness (QED) is 0.280. The summed E-state index contributed by atoms with van der Waals surface area (Å²) in [6, 6.07) is 23.7. The van der Waals surface area contributed by atoms with Gasteiger partial charge in [-0.3, -0.25) is 10.6 Å². The SMILES string of the molecule is COC(=O)Nc1ccc(C(CC(C)C(N)[C@@H](O)COc2ccccc2)c2ccc(NC(=O)OC)cc2)cc1. The van der Waals surface area contributed by atoms with Gasteiger partial charge in [0.15, 0.2) is 0 Å². The number of carbonyl (C=O) groups is 2. The molecule has 0 heterocycles. The Labute approximate surface area is 222 Å². The number of amides is 2. The highest BCUT2D eigenvalue weighted by Crippen LogP contribution is 2.34. The highest BCUT2D eigenvalue weighted by Gasteiger charge is 2.26. The lowest BCUT2D eigenvalue weighted by molar-refractivity contribution is 0.0668. The van der Waals surface area contributed by atoms with Crippen LogP contribution in [0.3, 0.4) is 0 Å². The summed E-state index contributed by atoms with van der Waals surface area (Å²) in [5.41, 5.74) is 9.68. The van der Waals surface area contributed by atoms with Crippen LogP contribution in [-0.2, 0) is 9.47 Å². The fourth-order valence-electron chi connectivity index (χ4n) is 4.12. The molecule has 0 spiro atoms. The third kappa shape index (κ3) is 8.22. The van der Waals surface area contributed by atoms with E-state index in [2.05, 4.69) is 20.1 Å². The van der Waals surface area contributed by atoms with Gasteiger partial charge in [-0.25, -0.2) is 9.59 Å². The zero-order valence-electron chi connectivity index (χ0n) is 21.8. The summed E-state index contributed by atoms with van der Waals surface area (Å²) in [6.45, 7) is 2.09. The maximum atomic E-state index is 11.6. The summed E-state index contributed by atoms with van der Waals surface area (Å²) in [7, 11) is 2.62. The fourth-order valence-corrected chi connectivity index (χ4v) is 4.12. The van der Waals surface area contributed by atoms with Crippen LogP contribution in [0.5, 0.6) is 5.75 Å². The Balaban J connectivity index is 1.77. The first-order valence-electron chi connectivity index (χ1n) is 12.3. The Morgan fingerprint density at radius 2 is 1.29 bits per heavy atom. The van der Waals surface area contributed by atoms with E-state index >= 15 is 0 Å². The van der Waals surface area contributed by atoms with Crippen molar-refractivity contribution in [3.05, 3.63) is 90.0 Å². The Morgan fingerprint density at radius 1 is 0.816 bits per heavy atom. The van der Waals surface area contributed by atoms with Crippen LogP contribution >= 0.6 is 0 Å². The molecule has 0 aliphatic rings. The second-order valence-electron chi connectivity index (χ2n) is 9.01. The van der Waals surface area contributed by atoms with Crippen molar-refractivity contribution in [1.82, 2.24) is 0 Å². The highest BCUT2D eigenvalue weighted by molar-refractivity contribution is 5.85. The van der Waals surface area contributed by atoms with Crippen molar-refractivity contribution in [2.24, 2.45) is 11.7 Å². The number of carbonyl (C=O) groups excluding carboxylic acids is 2. The fraction of sp³-hybridized carbons (Fsp3) is 0.310. The summed E-state index contributed by atoms with van der Waals surface area (Å²) >= 11 is 0. The van der Waals surface area contributed by atoms with Crippen LogP contribution < -0.4 is 21.1 Å². The molecule has 38 heavy (non-hydrogen) atoms. The Bertz CT molecular complexity index is 1090. The molecule has 5 N–H and O–H groups in total. The number of para-hydroxylation sites is 1. The van der Waals surface area contributed by atoms with E-state index in [1.165, 1.54) is 14.2 Å². The molecule has 9 heteroatoms. The number of aliphatic hydroxyl groups is 1. The molecular weight excluding hydrogens is 486 g/mol. The lowest BCUT2D eigenvalue weighted by Crippen LogP contribution is -2.44. The van der Waals surface area contributed by atoms with Crippen LogP contribution in [0.15, 0.2) is 78.9 Å². The second kappa shape index (κ2) is 14.0. The molecule has 3 rings (SSSR count). The standard InChI is InChI=1S/C29H35N3O6/c1-19(27(30)26(33)18-38-24-7-5-4-6-8-24)17-25(20-9-13-22(14-10-20)31-28(34)36-2)21-11-15-23(16-12-21)32-29(35)37-3/h4-16,19,25-27,33H,17-18,30H2,1-3H3,(H,31,34)(H,32,35)/t19?,26-,27?/m0/s1. The lowest BCUT2D eigenvalue weighted by atomic mass is 9.81. The van der Waals surface area contributed by atoms with Crippen molar-refractivity contribution in [1.29, 1.82) is 0 Å². The number of ether oxygens (including phenoxy) is 3. The Kier molecular flexibility index (Phi) is 10.5. The molecule has 3 aromatic carbocycles. The molecule has 3 aromatic rings. The summed E-state index contributed by atoms with van der Waals surface area (Å²) in [5.74, 6) is 0.526. The smallest absolute Gasteiger partial charge is 0.411 e. The first-order chi connectivity index (χ1) is 18.3. The van der Waals surface area contributed by atoms with Crippen molar-refractivity contribution >= 4 is 23.6 Å². The van der Waals surface area contributed by atoms with Gasteiger partial charge in [-0.2, -0.15) is 0 Å². The highest BCUT2D eigenvalue weighted by atomic mass is 16.5. The molecule has 0 saturated carbocycles. The lowest BCUT2D eigenvalue weighted by Gasteiger charge is -2.29.